The van der Waals surface area contributed by atoms with Crippen LogP contribution in [-0.2, 0) is 10.0 Å². The lowest BCUT2D eigenvalue weighted by atomic mass is 10.0. The zero-order valence-corrected chi connectivity index (χ0v) is 10.8. The number of rotatable bonds is 3. The van der Waals surface area contributed by atoms with Crippen LogP contribution in [0.25, 0.3) is 0 Å². The van der Waals surface area contributed by atoms with Crippen LogP contribution in [0.5, 0.6) is 0 Å². The molecular formula is C11H22N2O2S. The third-order valence-corrected chi connectivity index (χ3v) is 5.79. The Kier molecular flexibility index (Phi) is 3.87. The Bertz CT molecular complexity index is 315. The molecular weight excluding hydrogens is 224 g/mol. The van der Waals surface area contributed by atoms with Crippen molar-refractivity contribution in [2.75, 3.05) is 31.9 Å². The second-order valence-electron chi connectivity index (χ2n) is 5.22. The van der Waals surface area contributed by atoms with Gasteiger partial charge in [-0.05, 0) is 44.2 Å². The van der Waals surface area contributed by atoms with Crippen LogP contribution in [0.1, 0.15) is 26.2 Å². The van der Waals surface area contributed by atoms with Crippen molar-refractivity contribution >= 4 is 10.0 Å². The second kappa shape index (κ2) is 5.02. The average Bonchev–Trinajstić information content (AvgIpc) is 2.70. The molecule has 16 heavy (non-hydrogen) atoms. The minimum atomic E-state index is -3.00. The highest BCUT2D eigenvalue weighted by Gasteiger charge is 2.29. The lowest BCUT2D eigenvalue weighted by Gasteiger charge is -2.30. The first-order valence-corrected chi connectivity index (χ1v) is 7.87. The summed E-state index contributed by atoms with van der Waals surface area (Å²) in [6.07, 6.45) is 3.04. The molecule has 2 heterocycles. The zero-order chi connectivity index (χ0) is 11.6. The van der Waals surface area contributed by atoms with Gasteiger partial charge in [-0.2, -0.15) is 0 Å². The summed E-state index contributed by atoms with van der Waals surface area (Å²) in [7, 11) is -3.00. The van der Waals surface area contributed by atoms with E-state index >= 15 is 0 Å². The summed E-state index contributed by atoms with van der Waals surface area (Å²) in [5.74, 6) is 1.35. The molecule has 2 rings (SSSR count). The Morgan fingerprint density at radius 2 is 1.94 bits per heavy atom. The van der Waals surface area contributed by atoms with Crippen LogP contribution in [0.3, 0.4) is 0 Å². The maximum absolute atomic E-state index is 12.1. The smallest absolute Gasteiger partial charge is 0.214 e. The van der Waals surface area contributed by atoms with Gasteiger partial charge in [-0.25, -0.2) is 12.7 Å². The molecule has 1 unspecified atom stereocenters. The molecule has 0 aliphatic carbocycles. The lowest BCUT2D eigenvalue weighted by Crippen LogP contribution is -2.40. The normalized spacial score (nSPS) is 29.7. The van der Waals surface area contributed by atoms with Crippen LogP contribution in [0.4, 0.5) is 0 Å². The van der Waals surface area contributed by atoms with E-state index in [0.717, 1.165) is 45.4 Å². The molecule has 0 radical (unpaired) electrons. The summed E-state index contributed by atoms with van der Waals surface area (Å²) >= 11 is 0. The maximum atomic E-state index is 12.1. The monoisotopic (exact) mass is 246 g/mol. The third-order valence-electron chi connectivity index (χ3n) is 3.74. The van der Waals surface area contributed by atoms with Crippen molar-refractivity contribution in [2.45, 2.75) is 26.2 Å². The fraction of sp³-hybridized carbons (Fsp3) is 1.00. The summed E-state index contributed by atoms with van der Waals surface area (Å²) in [5, 5.41) is 3.22. The fourth-order valence-corrected chi connectivity index (χ4v) is 4.38. The SMILES string of the molecule is CC1CCN(S(=O)(=O)CC2CCNC2)CC1. The average molecular weight is 246 g/mol. The molecule has 4 nitrogen and oxygen atoms in total. The minimum Gasteiger partial charge on any atom is -0.316 e. The summed E-state index contributed by atoms with van der Waals surface area (Å²) in [4.78, 5) is 0. The van der Waals surface area contributed by atoms with Gasteiger partial charge in [0.1, 0.15) is 0 Å². The quantitative estimate of drug-likeness (QED) is 0.796. The van der Waals surface area contributed by atoms with E-state index in [4.69, 9.17) is 0 Å². The van der Waals surface area contributed by atoms with Crippen molar-refractivity contribution in [3.63, 3.8) is 0 Å². The number of hydrogen-bond acceptors (Lipinski definition) is 3. The van der Waals surface area contributed by atoms with Gasteiger partial charge < -0.3 is 5.32 Å². The Hall–Kier alpha value is -0.130. The first-order chi connectivity index (χ1) is 7.58. The van der Waals surface area contributed by atoms with Gasteiger partial charge in [0.2, 0.25) is 10.0 Å². The van der Waals surface area contributed by atoms with Crippen LogP contribution >= 0.6 is 0 Å². The number of nitrogens with zero attached hydrogens (tertiary/aromatic N) is 1. The molecule has 0 bridgehead atoms. The molecule has 2 fully saturated rings. The van der Waals surface area contributed by atoms with Crippen molar-refractivity contribution in [1.82, 2.24) is 9.62 Å². The molecule has 1 atom stereocenters. The highest BCUT2D eigenvalue weighted by atomic mass is 32.2. The van der Waals surface area contributed by atoms with E-state index in [1.807, 2.05) is 0 Å². The van der Waals surface area contributed by atoms with Crippen molar-refractivity contribution in [3.05, 3.63) is 0 Å². The van der Waals surface area contributed by atoms with E-state index in [0.29, 0.717) is 17.6 Å². The molecule has 0 aromatic rings. The first kappa shape index (κ1) is 12.3. The molecule has 0 aromatic carbocycles. The summed E-state index contributed by atoms with van der Waals surface area (Å²) in [6, 6.07) is 0. The van der Waals surface area contributed by atoms with E-state index in [-0.39, 0.29) is 0 Å². The van der Waals surface area contributed by atoms with Gasteiger partial charge in [-0.1, -0.05) is 6.92 Å². The summed E-state index contributed by atoms with van der Waals surface area (Å²) in [6.45, 7) is 5.48. The van der Waals surface area contributed by atoms with E-state index in [9.17, 15) is 8.42 Å². The van der Waals surface area contributed by atoms with E-state index in [2.05, 4.69) is 12.2 Å². The van der Waals surface area contributed by atoms with Gasteiger partial charge in [-0.3, -0.25) is 0 Å². The van der Waals surface area contributed by atoms with E-state index in [1.165, 1.54) is 0 Å². The van der Waals surface area contributed by atoms with Gasteiger partial charge >= 0.3 is 0 Å². The lowest BCUT2D eigenvalue weighted by molar-refractivity contribution is 0.286. The Labute approximate surface area is 98.4 Å². The second-order valence-corrected chi connectivity index (χ2v) is 7.23. The predicted octanol–water partition coefficient (Wildman–Crippen LogP) is 0.658. The van der Waals surface area contributed by atoms with Gasteiger partial charge in [0.25, 0.3) is 0 Å². The van der Waals surface area contributed by atoms with Crippen LogP contribution in [0.2, 0.25) is 0 Å². The van der Waals surface area contributed by atoms with Gasteiger partial charge in [-0.15, -0.1) is 0 Å². The summed E-state index contributed by atoms with van der Waals surface area (Å²) in [5.41, 5.74) is 0. The largest absolute Gasteiger partial charge is 0.316 e. The standard InChI is InChI=1S/C11H22N2O2S/c1-10-3-6-13(7-4-10)16(14,15)9-11-2-5-12-8-11/h10-12H,2-9H2,1H3. The van der Waals surface area contributed by atoms with Crippen LogP contribution < -0.4 is 5.32 Å². The molecule has 2 aliphatic heterocycles. The molecule has 0 aromatic heterocycles. The molecule has 94 valence electrons. The van der Waals surface area contributed by atoms with Gasteiger partial charge in [0.05, 0.1) is 5.75 Å². The Morgan fingerprint density at radius 3 is 2.50 bits per heavy atom. The van der Waals surface area contributed by atoms with Crippen molar-refractivity contribution in [3.8, 4) is 0 Å². The Morgan fingerprint density at radius 1 is 1.25 bits per heavy atom. The molecule has 1 N–H and O–H groups in total. The molecule has 0 spiro atoms. The van der Waals surface area contributed by atoms with Crippen LogP contribution in [0, 0.1) is 11.8 Å². The highest BCUT2D eigenvalue weighted by Crippen LogP contribution is 2.21. The van der Waals surface area contributed by atoms with Crippen molar-refractivity contribution in [1.29, 1.82) is 0 Å². The first-order valence-electron chi connectivity index (χ1n) is 6.26. The van der Waals surface area contributed by atoms with Gasteiger partial charge in [0, 0.05) is 13.1 Å². The van der Waals surface area contributed by atoms with Crippen molar-refractivity contribution < 1.29 is 8.42 Å². The maximum Gasteiger partial charge on any atom is 0.214 e. The van der Waals surface area contributed by atoms with Crippen molar-refractivity contribution in [2.24, 2.45) is 11.8 Å². The highest BCUT2D eigenvalue weighted by molar-refractivity contribution is 7.89. The molecule has 0 amide bonds. The number of hydrogen-bond donors (Lipinski definition) is 1. The fourth-order valence-electron chi connectivity index (χ4n) is 2.52. The number of sulfonamides is 1. The molecule has 2 saturated heterocycles. The van der Waals surface area contributed by atoms with Crippen LogP contribution in [0.15, 0.2) is 0 Å². The van der Waals surface area contributed by atoms with E-state index < -0.39 is 10.0 Å². The zero-order valence-electron chi connectivity index (χ0n) is 9.98. The molecule has 2 aliphatic rings. The van der Waals surface area contributed by atoms with E-state index in [1.54, 1.807) is 4.31 Å². The summed E-state index contributed by atoms with van der Waals surface area (Å²) < 4.78 is 26.0. The number of piperidine rings is 1. The molecule has 5 heteroatoms. The predicted molar refractivity (Wildman–Crippen MR) is 64.7 cm³/mol. The molecule has 0 saturated carbocycles. The minimum absolute atomic E-state index is 0.323. The van der Waals surface area contributed by atoms with Crippen LogP contribution in [-0.4, -0.2) is 44.7 Å². The Balaban J connectivity index is 1.90. The third kappa shape index (κ3) is 2.96. The van der Waals surface area contributed by atoms with Gasteiger partial charge in [0.15, 0.2) is 0 Å². The topological polar surface area (TPSA) is 49.4 Å². The number of nitrogens with one attached hydrogen (secondary N) is 1.